The molecule has 0 fully saturated rings. The Morgan fingerprint density at radius 1 is 1.05 bits per heavy atom. The number of nitrogens with one attached hydrogen (secondary N) is 1. The monoisotopic (exact) mass is 341 g/mol. The van der Waals surface area contributed by atoms with E-state index in [1.165, 1.54) is 18.2 Å². The number of carbonyl (C=O) groups excluding carboxylic acids is 1. The van der Waals surface area contributed by atoms with Crippen LogP contribution in [0.4, 0.5) is 0 Å². The first-order valence-electron chi connectivity index (χ1n) is 6.31. The van der Waals surface area contributed by atoms with Gasteiger partial charge in [0.2, 0.25) is 0 Å². The van der Waals surface area contributed by atoms with Crippen molar-refractivity contribution in [3.05, 3.63) is 52.0 Å². The van der Waals surface area contributed by atoms with Crippen molar-refractivity contribution in [2.75, 3.05) is 6.61 Å². The summed E-state index contributed by atoms with van der Waals surface area (Å²) in [5, 5.41) is 21.9. The molecule has 2 aromatic carbocycles. The Hall–Kier alpha value is -2.11. The van der Waals surface area contributed by atoms with Crippen LogP contribution in [0.1, 0.15) is 5.56 Å². The Bertz CT molecular complexity index is 634. The Morgan fingerprint density at radius 2 is 1.82 bits per heavy atom. The van der Waals surface area contributed by atoms with Crippen molar-refractivity contribution >= 4 is 29.1 Å². The highest BCUT2D eigenvalue weighted by molar-refractivity contribution is 6.42. The van der Waals surface area contributed by atoms with Crippen LogP contribution < -0.4 is 10.1 Å². The van der Waals surface area contributed by atoms with Crippen LogP contribution in [-0.4, -0.2) is 22.7 Å². The van der Waals surface area contributed by atoms with Crippen molar-refractivity contribution in [2.24, 2.45) is 0 Å². The summed E-state index contributed by atoms with van der Waals surface area (Å²) < 4.78 is 5.29. The molecule has 0 aliphatic rings. The molecule has 3 N–H and O–H groups in total. The molecule has 0 bridgehead atoms. The van der Waals surface area contributed by atoms with Gasteiger partial charge in [0.1, 0.15) is 5.75 Å². The van der Waals surface area contributed by atoms with Crippen molar-refractivity contribution in [2.45, 2.75) is 6.54 Å². The normalized spacial score (nSPS) is 10.3. The van der Waals surface area contributed by atoms with Crippen molar-refractivity contribution in [1.29, 1.82) is 0 Å². The maximum absolute atomic E-state index is 11.7. The van der Waals surface area contributed by atoms with Gasteiger partial charge in [0.05, 0.1) is 10.0 Å². The second-order valence-electron chi connectivity index (χ2n) is 4.46. The Balaban J connectivity index is 1.82. The number of ether oxygens (including phenoxy) is 1. The number of rotatable bonds is 5. The number of carbonyl (C=O) groups is 1. The van der Waals surface area contributed by atoms with E-state index in [0.717, 1.165) is 0 Å². The summed E-state index contributed by atoms with van der Waals surface area (Å²) in [4.78, 5) is 11.7. The zero-order valence-corrected chi connectivity index (χ0v) is 12.9. The minimum absolute atomic E-state index is 0.179. The summed E-state index contributed by atoms with van der Waals surface area (Å²) >= 11 is 11.6. The molecular formula is C15H13Cl2NO4. The van der Waals surface area contributed by atoms with E-state index in [1.54, 1.807) is 18.2 Å². The molecule has 7 heteroatoms. The number of amides is 1. The predicted molar refractivity (Wildman–Crippen MR) is 83.6 cm³/mol. The molecule has 0 aliphatic heterocycles. The lowest BCUT2D eigenvalue weighted by atomic mass is 10.2. The summed E-state index contributed by atoms with van der Waals surface area (Å²) in [5.41, 5.74) is 0.651. The fourth-order valence-corrected chi connectivity index (χ4v) is 1.93. The lowest BCUT2D eigenvalue weighted by molar-refractivity contribution is -0.123. The van der Waals surface area contributed by atoms with Gasteiger partial charge >= 0.3 is 0 Å². The van der Waals surface area contributed by atoms with Crippen molar-refractivity contribution in [3.63, 3.8) is 0 Å². The molecule has 5 nitrogen and oxygen atoms in total. The third-order valence-corrected chi connectivity index (χ3v) is 3.53. The van der Waals surface area contributed by atoms with Gasteiger partial charge in [-0.15, -0.1) is 0 Å². The highest BCUT2D eigenvalue weighted by Gasteiger charge is 2.06. The number of phenols is 2. The minimum atomic E-state index is -0.335. The first-order valence-corrected chi connectivity index (χ1v) is 7.06. The standard InChI is InChI=1S/C15H13Cl2NO4/c16-11-3-2-10(6-12(11)17)22-8-15(21)18-7-9-1-4-13(19)14(20)5-9/h1-6,19-20H,7-8H2,(H,18,21). The summed E-state index contributed by atoms with van der Waals surface area (Å²) in [6.45, 7) is 0.0272. The van der Waals surface area contributed by atoms with E-state index < -0.39 is 0 Å². The van der Waals surface area contributed by atoms with E-state index in [1.807, 2.05) is 0 Å². The number of hydrogen-bond acceptors (Lipinski definition) is 4. The molecule has 0 saturated heterocycles. The molecular weight excluding hydrogens is 329 g/mol. The summed E-state index contributed by atoms with van der Waals surface area (Å²) in [7, 11) is 0. The molecule has 0 heterocycles. The van der Waals surface area contributed by atoms with Gasteiger partial charge in [-0.2, -0.15) is 0 Å². The van der Waals surface area contributed by atoms with Gasteiger partial charge < -0.3 is 20.3 Å². The molecule has 0 aliphatic carbocycles. The lowest BCUT2D eigenvalue weighted by Crippen LogP contribution is -2.28. The second-order valence-corrected chi connectivity index (χ2v) is 5.28. The van der Waals surface area contributed by atoms with Crippen LogP contribution >= 0.6 is 23.2 Å². The van der Waals surface area contributed by atoms with Crippen LogP contribution in [0.3, 0.4) is 0 Å². The first-order chi connectivity index (χ1) is 10.5. The van der Waals surface area contributed by atoms with Crippen molar-refractivity contribution in [1.82, 2.24) is 5.32 Å². The minimum Gasteiger partial charge on any atom is -0.504 e. The lowest BCUT2D eigenvalue weighted by Gasteiger charge is -2.09. The number of phenolic OH excluding ortho intramolecular Hbond substituents is 2. The predicted octanol–water partition coefficient (Wildman–Crippen LogP) is 3.10. The maximum Gasteiger partial charge on any atom is 0.258 e. The fourth-order valence-electron chi connectivity index (χ4n) is 1.65. The van der Waals surface area contributed by atoms with Crippen LogP contribution in [0.2, 0.25) is 10.0 Å². The van der Waals surface area contributed by atoms with E-state index in [4.69, 9.17) is 27.9 Å². The van der Waals surface area contributed by atoms with E-state index >= 15 is 0 Å². The molecule has 2 rings (SSSR count). The van der Waals surface area contributed by atoms with Crippen LogP contribution in [0.5, 0.6) is 17.2 Å². The quantitative estimate of drug-likeness (QED) is 0.730. The smallest absolute Gasteiger partial charge is 0.258 e. The van der Waals surface area contributed by atoms with E-state index in [-0.39, 0.29) is 30.6 Å². The topological polar surface area (TPSA) is 78.8 Å². The molecule has 0 spiro atoms. The maximum atomic E-state index is 11.7. The summed E-state index contributed by atoms with van der Waals surface area (Å²) in [6.07, 6.45) is 0. The van der Waals surface area contributed by atoms with Crippen LogP contribution in [0.25, 0.3) is 0 Å². The molecule has 0 aromatic heterocycles. The van der Waals surface area contributed by atoms with Gasteiger partial charge in [0.25, 0.3) is 5.91 Å². The number of benzene rings is 2. The SMILES string of the molecule is O=C(COc1ccc(Cl)c(Cl)c1)NCc1ccc(O)c(O)c1. The zero-order chi connectivity index (χ0) is 16.1. The fraction of sp³-hybridized carbons (Fsp3) is 0.133. The second kappa shape index (κ2) is 7.24. The van der Waals surface area contributed by atoms with Gasteiger partial charge in [-0.3, -0.25) is 4.79 Å². The van der Waals surface area contributed by atoms with E-state index in [9.17, 15) is 15.0 Å². The van der Waals surface area contributed by atoms with Gasteiger partial charge in [-0.05, 0) is 29.8 Å². The first kappa shape index (κ1) is 16.3. The summed E-state index contributed by atoms with van der Waals surface area (Å²) in [5.74, 6) is -0.345. The Kier molecular flexibility index (Phi) is 5.35. The van der Waals surface area contributed by atoms with Crippen molar-refractivity contribution in [3.8, 4) is 17.2 Å². The largest absolute Gasteiger partial charge is 0.504 e. The zero-order valence-electron chi connectivity index (χ0n) is 11.3. The van der Waals surface area contributed by atoms with Crippen LogP contribution in [0.15, 0.2) is 36.4 Å². The highest BCUT2D eigenvalue weighted by Crippen LogP contribution is 2.26. The number of halogens is 2. The Labute approximate surface area is 137 Å². The number of aromatic hydroxyl groups is 2. The van der Waals surface area contributed by atoms with Gasteiger partial charge in [0.15, 0.2) is 18.1 Å². The van der Waals surface area contributed by atoms with E-state index in [0.29, 0.717) is 21.4 Å². The third kappa shape index (κ3) is 4.44. The molecule has 1 amide bonds. The summed E-state index contributed by atoms with van der Waals surface area (Å²) in [6, 6.07) is 9.03. The third-order valence-electron chi connectivity index (χ3n) is 2.79. The molecule has 0 saturated carbocycles. The molecule has 0 radical (unpaired) electrons. The van der Waals surface area contributed by atoms with Gasteiger partial charge in [-0.1, -0.05) is 29.3 Å². The van der Waals surface area contributed by atoms with Crippen LogP contribution in [-0.2, 0) is 11.3 Å². The molecule has 2 aromatic rings. The van der Waals surface area contributed by atoms with E-state index in [2.05, 4.69) is 5.32 Å². The Morgan fingerprint density at radius 3 is 2.50 bits per heavy atom. The molecule has 0 unspecified atom stereocenters. The molecule has 22 heavy (non-hydrogen) atoms. The van der Waals surface area contributed by atoms with Crippen LogP contribution in [0, 0.1) is 0 Å². The highest BCUT2D eigenvalue weighted by atomic mass is 35.5. The average molecular weight is 342 g/mol. The van der Waals surface area contributed by atoms with Crippen molar-refractivity contribution < 1.29 is 19.7 Å². The molecule has 0 atom stereocenters. The van der Waals surface area contributed by atoms with Gasteiger partial charge in [-0.25, -0.2) is 0 Å². The number of hydrogen-bond donors (Lipinski definition) is 3. The molecule has 116 valence electrons. The average Bonchev–Trinajstić information content (AvgIpc) is 2.49. The van der Waals surface area contributed by atoms with Gasteiger partial charge in [0, 0.05) is 12.6 Å².